The van der Waals surface area contributed by atoms with Gasteiger partial charge >= 0.3 is 0 Å². The SMILES string of the molecule is CCOCC(C)n1cccc(N)c1=O. The Kier molecular flexibility index (Phi) is 3.71. The van der Waals surface area contributed by atoms with Crippen LogP contribution >= 0.6 is 0 Å². The first-order valence-electron chi connectivity index (χ1n) is 4.71. The van der Waals surface area contributed by atoms with Crippen LogP contribution < -0.4 is 11.3 Å². The number of hydrogen-bond donors (Lipinski definition) is 1. The molecular formula is C10H16N2O2. The molecule has 0 saturated heterocycles. The minimum absolute atomic E-state index is 0.0194. The van der Waals surface area contributed by atoms with Crippen LogP contribution in [-0.2, 0) is 4.74 Å². The number of hydrogen-bond acceptors (Lipinski definition) is 3. The molecule has 0 aliphatic heterocycles. The Labute approximate surface area is 83.3 Å². The molecule has 0 aromatic carbocycles. The van der Waals surface area contributed by atoms with Gasteiger partial charge in [0.2, 0.25) is 0 Å². The molecule has 0 spiro atoms. The Hall–Kier alpha value is -1.29. The number of nitrogens with two attached hydrogens (primary N) is 1. The maximum atomic E-state index is 11.6. The molecule has 1 rings (SSSR count). The van der Waals surface area contributed by atoms with E-state index in [2.05, 4.69) is 0 Å². The second kappa shape index (κ2) is 4.81. The van der Waals surface area contributed by atoms with E-state index in [9.17, 15) is 4.79 Å². The Morgan fingerprint density at radius 3 is 3.00 bits per heavy atom. The predicted octanol–water partition coefficient (Wildman–Crippen LogP) is 1.03. The number of nitrogen functional groups attached to an aromatic ring is 1. The van der Waals surface area contributed by atoms with Crippen molar-refractivity contribution in [2.24, 2.45) is 0 Å². The first-order chi connectivity index (χ1) is 6.66. The highest BCUT2D eigenvalue weighted by Gasteiger charge is 2.07. The zero-order valence-corrected chi connectivity index (χ0v) is 8.56. The molecule has 0 radical (unpaired) electrons. The number of rotatable bonds is 4. The van der Waals surface area contributed by atoms with Gasteiger partial charge < -0.3 is 15.0 Å². The van der Waals surface area contributed by atoms with E-state index < -0.39 is 0 Å². The molecule has 0 aliphatic rings. The van der Waals surface area contributed by atoms with Crippen molar-refractivity contribution in [1.82, 2.24) is 4.57 Å². The van der Waals surface area contributed by atoms with Crippen LogP contribution in [0.25, 0.3) is 0 Å². The van der Waals surface area contributed by atoms with Gasteiger partial charge in [0.1, 0.15) is 0 Å². The van der Waals surface area contributed by atoms with E-state index in [1.807, 2.05) is 13.8 Å². The third-order valence-corrected chi connectivity index (χ3v) is 2.04. The lowest BCUT2D eigenvalue weighted by atomic mass is 10.3. The van der Waals surface area contributed by atoms with Crippen molar-refractivity contribution >= 4 is 5.69 Å². The minimum atomic E-state index is -0.153. The number of ether oxygens (including phenoxy) is 1. The molecule has 78 valence electrons. The molecule has 14 heavy (non-hydrogen) atoms. The normalized spacial score (nSPS) is 12.7. The fourth-order valence-corrected chi connectivity index (χ4v) is 1.24. The summed E-state index contributed by atoms with van der Waals surface area (Å²) < 4.78 is 6.83. The van der Waals surface area contributed by atoms with Crippen LogP contribution in [0.5, 0.6) is 0 Å². The van der Waals surface area contributed by atoms with Crippen LogP contribution in [0, 0.1) is 0 Å². The van der Waals surface area contributed by atoms with Gasteiger partial charge in [-0.3, -0.25) is 4.79 Å². The molecule has 0 fully saturated rings. The van der Waals surface area contributed by atoms with Crippen LogP contribution in [0.15, 0.2) is 23.1 Å². The largest absolute Gasteiger partial charge is 0.394 e. The summed E-state index contributed by atoms with van der Waals surface area (Å²) >= 11 is 0. The van der Waals surface area contributed by atoms with Crippen molar-refractivity contribution in [2.75, 3.05) is 18.9 Å². The van der Waals surface area contributed by atoms with Crippen LogP contribution in [0.4, 0.5) is 5.69 Å². The monoisotopic (exact) mass is 196 g/mol. The Bertz CT molecular complexity index is 346. The van der Waals surface area contributed by atoms with E-state index in [-0.39, 0.29) is 17.3 Å². The van der Waals surface area contributed by atoms with E-state index >= 15 is 0 Å². The van der Waals surface area contributed by atoms with E-state index in [1.165, 1.54) is 0 Å². The number of nitrogens with zero attached hydrogens (tertiary/aromatic N) is 1. The standard InChI is InChI=1S/C10H16N2O2/c1-3-14-7-8(2)12-6-4-5-9(11)10(12)13/h4-6,8H,3,7,11H2,1-2H3. The number of pyridine rings is 1. The summed E-state index contributed by atoms with van der Waals surface area (Å²) in [5.41, 5.74) is 5.63. The van der Waals surface area contributed by atoms with Gasteiger partial charge in [-0.2, -0.15) is 0 Å². The van der Waals surface area contributed by atoms with Crippen LogP contribution in [-0.4, -0.2) is 17.8 Å². The zero-order valence-electron chi connectivity index (χ0n) is 8.56. The summed E-state index contributed by atoms with van der Waals surface area (Å²) in [5.74, 6) is 0. The van der Waals surface area contributed by atoms with Gasteiger partial charge in [-0.1, -0.05) is 0 Å². The minimum Gasteiger partial charge on any atom is -0.394 e. The Morgan fingerprint density at radius 2 is 2.36 bits per heavy atom. The predicted molar refractivity (Wildman–Crippen MR) is 56.3 cm³/mol. The van der Waals surface area contributed by atoms with Crippen molar-refractivity contribution in [1.29, 1.82) is 0 Å². The summed E-state index contributed by atoms with van der Waals surface area (Å²) in [6.07, 6.45) is 1.72. The molecule has 1 unspecified atom stereocenters. The van der Waals surface area contributed by atoms with Gasteiger partial charge in [0, 0.05) is 12.8 Å². The van der Waals surface area contributed by atoms with E-state index in [0.717, 1.165) is 0 Å². The van der Waals surface area contributed by atoms with Crippen LogP contribution in [0.3, 0.4) is 0 Å². The summed E-state index contributed by atoms with van der Waals surface area (Å²) in [6, 6.07) is 3.39. The van der Waals surface area contributed by atoms with Gasteiger partial charge in [-0.15, -0.1) is 0 Å². The molecule has 4 heteroatoms. The number of anilines is 1. The van der Waals surface area contributed by atoms with Crippen LogP contribution in [0.2, 0.25) is 0 Å². The fourth-order valence-electron chi connectivity index (χ4n) is 1.24. The molecule has 1 aromatic rings. The van der Waals surface area contributed by atoms with E-state index in [1.54, 1.807) is 22.9 Å². The molecule has 1 atom stereocenters. The lowest BCUT2D eigenvalue weighted by molar-refractivity contribution is 0.118. The van der Waals surface area contributed by atoms with E-state index in [4.69, 9.17) is 10.5 Å². The van der Waals surface area contributed by atoms with Gasteiger partial charge in [0.05, 0.1) is 18.3 Å². The van der Waals surface area contributed by atoms with Crippen molar-refractivity contribution in [3.63, 3.8) is 0 Å². The van der Waals surface area contributed by atoms with Crippen molar-refractivity contribution in [3.8, 4) is 0 Å². The summed E-state index contributed by atoms with van der Waals surface area (Å²) in [6.45, 7) is 5.03. The topological polar surface area (TPSA) is 57.2 Å². The lowest BCUT2D eigenvalue weighted by Gasteiger charge is -2.14. The molecule has 0 saturated carbocycles. The molecule has 2 N–H and O–H groups in total. The smallest absolute Gasteiger partial charge is 0.273 e. The third-order valence-electron chi connectivity index (χ3n) is 2.04. The number of aromatic nitrogens is 1. The van der Waals surface area contributed by atoms with Gasteiger partial charge in [-0.05, 0) is 26.0 Å². The van der Waals surface area contributed by atoms with Gasteiger partial charge in [0.15, 0.2) is 0 Å². The molecular weight excluding hydrogens is 180 g/mol. The average molecular weight is 196 g/mol. The average Bonchev–Trinajstić information content (AvgIpc) is 2.18. The quantitative estimate of drug-likeness (QED) is 0.782. The van der Waals surface area contributed by atoms with E-state index in [0.29, 0.717) is 13.2 Å². The first-order valence-corrected chi connectivity index (χ1v) is 4.71. The highest BCUT2D eigenvalue weighted by Crippen LogP contribution is 2.03. The summed E-state index contributed by atoms with van der Waals surface area (Å²) in [5, 5.41) is 0. The Balaban J connectivity index is 2.84. The summed E-state index contributed by atoms with van der Waals surface area (Å²) in [4.78, 5) is 11.6. The molecule has 1 heterocycles. The molecule has 1 aromatic heterocycles. The third kappa shape index (κ3) is 2.35. The van der Waals surface area contributed by atoms with Crippen molar-refractivity contribution in [3.05, 3.63) is 28.7 Å². The second-order valence-corrected chi connectivity index (χ2v) is 3.18. The first kappa shape index (κ1) is 10.8. The Morgan fingerprint density at radius 1 is 1.64 bits per heavy atom. The van der Waals surface area contributed by atoms with Gasteiger partial charge in [-0.25, -0.2) is 0 Å². The molecule has 0 bridgehead atoms. The summed E-state index contributed by atoms with van der Waals surface area (Å²) in [7, 11) is 0. The lowest BCUT2D eigenvalue weighted by Crippen LogP contribution is -2.27. The van der Waals surface area contributed by atoms with Gasteiger partial charge in [0.25, 0.3) is 5.56 Å². The molecule has 0 aliphatic carbocycles. The highest BCUT2D eigenvalue weighted by atomic mass is 16.5. The van der Waals surface area contributed by atoms with Crippen molar-refractivity contribution < 1.29 is 4.74 Å². The highest BCUT2D eigenvalue weighted by molar-refractivity contribution is 5.33. The molecule has 4 nitrogen and oxygen atoms in total. The maximum absolute atomic E-state index is 11.6. The second-order valence-electron chi connectivity index (χ2n) is 3.18. The zero-order chi connectivity index (χ0) is 10.6. The molecule has 0 amide bonds. The fraction of sp³-hybridized carbons (Fsp3) is 0.500. The maximum Gasteiger partial charge on any atom is 0.273 e. The van der Waals surface area contributed by atoms with Crippen molar-refractivity contribution in [2.45, 2.75) is 19.9 Å². The van der Waals surface area contributed by atoms with Crippen LogP contribution in [0.1, 0.15) is 19.9 Å².